The van der Waals surface area contributed by atoms with Gasteiger partial charge in [0.05, 0.1) is 7.11 Å². The Morgan fingerprint density at radius 3 is 2.70 bits per heavy atom. The van der Waals surface area contributed by atoms with Crippen LogP contribution in [0.2, 0.25) is 0 Å². The van der Waals surface area contributed by atoms with Gasteiger partial charge in [0.15, 0.2) is 10.4 Å². The number of furan rings is 1. The lowest BCUT2D eigenvalue weighted by atomic mass is 10.1. The van der Waals surface area contributed by atoms with Crippen molar-refractivity contribution in [1.29, 1.82) is 0 Å². The number of halogens is 1. The van der Waals surface area contributed by atoms with E-state index in [-0.39, 0.29) is 5.91 Å². The van der Waals surface area contributed by atoms with Gasteiger partial charge in [0.2, 0.25) is 0 Å². The van der Waals surface area contributed by atoms with Crippen LogP contribution in [0.1, 0.15) is 21.7 Å². The van der Waals surface area contributed by atoms with Crippen LogP contribution in [0.15, 0.2) is 39.4 Å². The standard InChI is InChI=1S/C15H16BrNO3/c1-10-4-5-12(19-3)11(8-10)9-17(2)15(18)13-6-7-14(16)20-13/h4-8H,9H2,1-3H3. The van der Waals surface area contributed by atoms with E-state index < -0.39 is 0 Å². The minimum atomic E-state index is -0.167. The highest BCUT2D eigenvalue weighted by molar-refractivity contribution is 9.10. The number of benzene rings is 1. The first kappa shape index (κ1) is 14.7. The van der Waals surface area contributed by atoms with Crippen molar-refractivity contribution in [3.05, 3.63) is 51.9 Å². The van der Waals surface area contributed by atoms with Gasteiger partial charge in [-0.2, -0.15) is 0 Å². The van der Waals surface area contributed by atoms with Crippen LogP contribution in [-0.2, 0) is 6.54 Å². The molecule has 106 valence electrons. The topological polar surface area (TPSA) is 42.7 Å². The zero-order valence-electron chi connectivity index (χ0n) is 11.6. The highest BCUT2D eigenvalue weighted by atomic mass is 79.9. The molecule has 0 fully saturated rings. The highest BCUT2D eigenvalue weighted by Crippen LogP contribution is 2.22. The number of carbonyl (C=O) groups is 1. The van der Waals surface area contributed by atoms with E-state index in [1.54, 1.807) is 31.2 Å². The van der Waals surface area contributed by atoms with E-state index in [4.69, 9.17) is 9.15 Å². The van der Waals surface area contributed by atoms with Gasteiger partial charge >= 0.3 is 0 Å². The van der Waals surface area contributed by atoms with E-state index in [9.17, 15) is 4.79 Å². The lowest BCUT2D eigenvalue weighted by molar-refractivity contribution is 0.0751. The Labute approximate surface area is 126 Å². The molecule has 0 radical (unpaired) electrons. The maximum atomic E-state index is 12.2. The molecule has 0 aliphatic heterocycles. The molecule has 1 aromatic heterocycles. The predicted molar refractivity (Wildman–Crippen MR) is 79.9 cm³/mol. The Hall–Kier alpha value is -1.75. The predicted octanol–water partition coefficient (Wildman–Crippen LogP) is 3.63. The van der Waals surface area contributed by atoms with Gasteiger partial charge in [-0.25, -0.2) is 0 Å². The largest absolute Gasteiger partial charge is 0.496 e. The van der Waals surface area contributed by atoms with E-state index in [0.29, 0.717) is 17.0 Å². The van der Waals surface area contributed by atoms with Gasteiger partial charge in [0.25, 0.3) is 5.91 Å². The fourth-order valence-corrected chi connectivity index (χ4v) is 2.28. The first-order chi connectivity index (χ1) is 9.51. The molecular formula is C15H16BrNO3. The van der Waals surface area contributed by atoms with Crippen molar-refractivity contribution in [3.63, 3.8) is 0 Å². The third-order valence-electron chi connectivity index (χ3n) is 2.97. The van der Waals surface area contributed by atoms with E-state index in [1.807, 2.05) is 25.1 Å². The molecule has 1 aromatic carbocycles. The van der Waals surface area contributed by atoms with E-state index in [0.717, 1.165) is 16.9 Å². The van der Waals surface area contributed by atoms with Gasteiger partial charge in [-0.3, -0.25) is 4.79 Å². The highest BCUT2D eigenvalue weighted by Gasteiger charge is 2.17. The molecule has 0 spiro atoms. The fourth-order valence-electron chi connectivity index (χ4n) is 1.98. The molecule has 0 aliphatic rings. The molecule has 0 atom stereocenters. The molecule has 1 heterocycles. The summed E-state index contributed by atoms with van der Waals surface area (Å²) in [5, 5.41) is 0. The number of nitrogens with zero attached hydrogens (tertiary/aromatic N) is 1. The Morgan fingerprint density at radius 1 is 1.35 bits per heavy atom. The van der Waals surface area contributed by atoms with Crippen LogP contribution in [0.5, 0.6) is 5.75 Å². The molecule has 5 heteroatoms. The second kappa shape index (κ2) is 6.13. The van der Waals surface area contributed by atoms with Crippen LogP contribution in [0, 0.1) is 6.92 Å². The summed E-state index contributed by atoms with van der Waals surface area (Å²) in [4.78, 5) is 13.8. The second-order valence-corrected chi connectivity index (χ2v) is 5.36. The van der Waals surface area contributed by atoms with Crippen molar-refractivity contribution >= 4 is 21.8 Å². The Morgan fingerprint density at radius 2 is 2.10 bits per heavy atom. The maximum absolute atomic E-state index is 12.2. The molecule has 20 heavy (non-hydrogen) atoms. The van der Waals surface area contributed by atoms with Crippen LogP contribution in [-0.4, -0.2) is 25.0 Å². The normalized spacial score (nSPS) is 10.4. The molecule has 0 N–H and O–H groups in total. The molecular weight excluding hydrogens is 322 g/mol. The average molecular weight is 338 g/mol. The molecule has 0 bridgehead atoms. The van der Waals surface area contributed by atoms with E-state index in [1.165, 1.54) is 0 Å². The van der Waals surface area contributed by atoms with Crippen molar-refractivity contribution in [3.8, 4) is 5.75 Å². The lowest BCUT2D eigenvalue weighted by Crippen LogP contribution is -2.26. The number of hydrogen-bond acceptors (Lipinski definition) is 3. The zero-order chi connectivity index (χ0) is 14.7. The third-order valence-corrected chi connectivity index (χ3v) is 3.40. The van der Waals surface area contributed by atoms with Crippen LogP contribution >= 0.6 is 15.9 Å². The number of methoxy groups -OCH3 is 1. The summed E-state index contributed by atoms with van der Waals surface area (Å²) >= 11 is 3.19. The number of carbonyl (C=O) groups excluding carboxylic acids is 1. The van der Waals surface area contributed by atoms with Crippen molar-refractivity contribution < 1.29 is 13.9 Å². The smallest absolute Gasteiger partial charge is 0.289 e. The van der Waals surface area contributed by atoms with Gasteiger partial charge in [-0.15, -0.1) is 0 Å². The van der Waals surface area contributed by atoms with Gasteiger partial charge in [-0.1, -0.05) is 17.7 Å². The van der Waals surface area contributed by atoms with Crippen molar-refractivity contribution in [2.75, 3.05) is 14.2 Å². The van der Waals surface area contributed by atoms with Crippen LogP contribution in [0.25, 0.3) is 0 Å². The van der Waals surface area contributed by atoms with Crippen molar-refractivity contribution in [2.24, 2.45) is 0 Å². The summed E-state index contributed by atoms with van der Waals surface area (Å²) in [7, 11) is 3.36. The maximum Gasteiger partial charge on any atom is 0.289 e. The average Bonchev–Trinajstić information content (AvgIpc) is 2.84. The van der Waals surface area contributed by atoms with Crippen LogP contribution < -0.4 is 4.74 Å². The Balaban J connectivity index is 2.17. The molecule has 0 aliphatic carbocycles. The SMILES string of the molecule is COc1ccc(C)cc1CN(C)C(=O)c1ccc(Br)o1. The van der Waals surface area contributed by atoms with Gasteiger partial charge < -0.3 is 14.1 Å². The Kier molecular flexibility index (Phi) is 4.49. The minimum Gasteiger partial charge on any atom is -0.496 e. The van der Waals surface area contributed by atoms with Crippen LogP contribution in [0.4, 0.5) is 0 Å². The zero-order valence-corrected chi connectivity index (χ0v) is 13.2. The summed E-state index contributed by atoms with van der Waals surface area (Å²) in [6.07, 6.45) is 0. The van der Waals surface area contributed by atoms with Gasteiger partial charge in [0.1, 0.15) is 5.75 Å². The number of amides is 1. The Bertz CT molecular complexity index is 621. The number of ether oxygens (including phenoxy) is 1. The van der Waals surface area contributed by atoms with E-state index in [2.05, 4.69) is 15.9 Å². The molecule has 1 amide bonds. The quantitative estimate of drug-likeness (QED) is 0.855. The first-order valence-corrected chi connectivity index (χ1v) is 6.95. The summed E-state index contributed by atoms with van der Waals surface area (Å²) in [6.45, 7) is 2.47. The molecule has 4 nitrogen and oxygen atoms in total. The molecule has 0 saturated carbocycles. The first-order valence-electron chi connectivity index (χ1n) is 6.15. The van der Waals surface area contributed by atoms with Crippen molar-refractivity contribution in [1.82, 2.24) is 4.90 Å². The van der Waals surface area contributed by atoms with Crippen LogP contribution in [0.3, 0.4) is 0 Å². The number of rotatable bonds is 4. The van der Waals surface area contributed by atoms with Gasteiger partial charge in [0, 0.05) is 19.2 Å². The number of aryl methyl sites for hydroxylation is 1. The molecule has 2 rings (SSSR count). The minimum absolute atomic E-state index is 0.167. The summed E-state index contributed by atoms with van der Waals surface area (Å²) in [5.41, 5.74) is 2.09. The summed E-state index contributed by atoms with van der Waals surface area (Å²) < 4.78 is 11.1. The monoisotopic (exact) mass is 337 g/mol. The second-order valence-electron chi connectivity index (χ2n) is 4.58. The molecule has 2 aromatic rings. The molecule has 0 unspecified atom stereocenters. The third kappa shape index (κ3) is 3.22. The molecule has 0 saturated heterocycles. The summed E-state index contributed by atoms with van der Waals surface area (Å²) in [5.74, 6) is 0.918. The van der Waals surface area contributed by atoms with Gasteiger partial charge in [-0.05, 0) is 41.1 Å². The lowest BCUT2D eigenvalue weighted by Gasteiger charge is -2.18. The van der Waals surface area contributed by atoms with Crippen molar-refractivity contribution in [2.45, 2.75) is 13.5 Å². The summed E-state index contributed by atoms with van der Waals surface area (Å²) in [6, 6.07) is 9.26. The van der Waals surface area contributed by atoms with E-state index >= 15 is 0 Å². The fraction of sp³-hybridized carbons (Fsp3) is 0.267. The number of hydrogen-bond donors (Lipinski definition) is 0.